The summed E-state index contributed by atoms with van der Waals surface area (Å²) in [5.41, 5.74) is 1.92. The van der Waals surface area contributed by atoms with Gasteiger partial charge in [-0.25, -0.2) is 9.78 Å². The van der Waals surface area contributed by atoms with Crippen molar-refractivity contribution in [1.29, 1.82) is 0 Å². The number of nitrogens with one attached hydrogen (secondary N) is 1. The van der Waals surface area contributed by atoms with Crippen molar-refractivity contribution in [2.45, 2.75) is 13.0 Å². The summed E-state index contributed by atoms with van der Waals surface area (Å²) in [5, 5.41) is 2.70. The first kappa shape index (κ1) is 13.1. The molecule has 0 saturated heterocycles. The maximum absolute atomic E-state index is 11.5. The molecule has 0 radical (unpaired) electrons. The standard InChI is InChI=1S/C14H17N3O2/c1-17-9-13(16-11-17)7-8-15-14(18)19-10-12-5-3-2-4-6-12/h2-6,9,11H,7-8,10H2,1H3,(H,15,18). The second-order valence-electron chi connectivity index (χ2n) is 4.27. The largest absolute Gasteiger partial charge is 0.445 e. The number of amides is 1. The lowest BCUT2D eigenvalue weighted by atomic mass is 10.2. The van der Waals surface area contributed by atoms with E-state index >= 15 is 0 Å². The van der Waals surface area contributed by atoms with Crippen LogP contribution in [-0.4, -0.2) is 22.2 Å². The first-order chi connectivity index (χ1) is 9.24. The Hall–Kier alpha value is -2.30. The first-order valence-corrected chi connectivity index (χ1v) is 6.15. The van der Waals surface area contributed by atoms with Gasteiger partial charge in [0.05, 0.1) is 12.0 Å². The van der Waals surface area contributed by atoms with Crippen LogP contribution in [0.15, 0.2) is 42.9 Å². The van der Waals surface area contributed by atoms with E-state index in [-0.39, 0.29) is 6.61 Å². The van der Waals surface area contributed by atoms with Gasteiger partial charge in [-0.05, 0) is 5.56 Å². The highest BCUT2D eigenvalue weighted by Crippen LogP contribution is 2.00. The molecular formula is C14H17N3O2. The van der Waals surface area contributed by atoms with Crippen molar-refractivity contribution < 1.29 is 9.53 Å². The third-order valence-electron chi connectivity index (χ3n) is 2.62. The molecule has 0 aliphatic heterocycles. The summed E-state index contributed by atoms with van der Waals surface area (Å²) < 4.78 is 6.97. The molecule has 0 aliphatic carbocycles. The summed E-state index contributed by atoms with van der Waals surface area (Å²) >= 11 is 0. The molecule has 0 unspecified atom stereocenters. The molecule has 1 amide bonds. The maximum Gasteiger partial charge on any atom is 0.407 e. The molecule has 0 saturated carbocycles. The number of hydrogen-bond acceptors (Lipinski definition) is 3. The van der Waals surface area contributed by atoms with E-state index < -0.39 is 6.09 Å². The normalized spacial score (nSPS) is 10.2. The lowest BCUT2D eigenvalue weighted by Crippen LogP contribution is -2.26. The third kappa shape index (κ3) is 4.46. The van der Waals surface area contributed by atoms with Gasteiger partial charge in [0.1, 0.15) is 6.61 Å². The van der Waals surface area contributed by atoms with Gasteiger partial charge in [0.2, 0.25) is 0 Å². The van der Waals surface area contributed by atoms with E-state index in [9.17, 15) is 4.79 Å². The molecule has 1 aromatic heterocycles. The smallest absolute Gasteiger partial charge is 0.407 e. The summed E-state index contributed by atoms with van der Waals surface area (Å²) in [5.74, 6) is 0. The molecule has 0 atom stereocenters. The molecule has 2 aromatic rings. The number of carbonyl (C=O) groups is 1. The number of ether oxygens (including phenoxy) is 1. The van der Waals surface area contributed by atoms with E-state index in [0.717, 1.165) is 11.3 Å². The van der Waals surface area contributed by atoms with Gasteiger partial charge in [0, 0.05) is 26.2 Å². The minimum atomic E-state index is -0.403. The summed E-state index contributed by atoms with van der Waals surface area (Å²) in [6.07, 6.45) is 3.96. The molecule has 19 heavy (non-hydrogen) atoms. The molecular weight excluding hydrogens is 242 g/mol. The molecule has 100 valence electrons. The average Bonchev–Trinajstić information content (AvgIpc) is 2.83. The number of alkyl carbamates (subject to hydrolysis) is 1. The highest BCUT2D eigenvalue weighted by atomic mass is 16.5. The molecule has 0 bridgehead atoms. The van der Waals surface area contributed by atoms with Crippen LogP contribution < -0.4 is 5.32 Å². The van der Waals surface area contributed by atoms with E-state index in [0.29, 0.717) is 13.0 Å². The molecule has 1 aromatic carbocycles. The maximum atomic E-state index is 11.5. The number of hydrogen-bond donors (Lipinski definition) is 1. The van der Waals surface area contributed by atoms with Crippen LogP contribution >= 0.6 is 0 Å². The Morgan fingerprint density at radius 1 is 1.37 bits per heavy atom. The van der Waals surface area contributed by atoms with Crippen LogP contribution in [0.4, 0.5) is 4.79 Å². The third-order valence-corrected chi connectivity index (χ3v) is 2.62. The highest BCUT2D eigenvalue weighted by Gasteiger charge is 2.03. The second-order valence-corrected chi connectivity index (χ2v) is 4.27. The van der Waals surface area contributed by atoms with Gasteiger partial charge in [-0.2, -0.15) is 0 Å². The van der Waals surface area contributed by atoms with E-state index in [1.807, 2.05) is 48.1 Å². The monoisotopic (exact) mass is 259 g/mol. The van der Waals surface area contributed by atoms with E-state index in [4.69, 9.17) is 4.74 Å². The highest BCUT2D eigenvalue weighted by molar-refractivity contribution is 5.67. The molecule has 0 spiro atoms. The van der Waals surface area contributed by atoms with Gasteiger partial charge < -0.3 is 14.6 Å². The first-order valence-electron chi connectivity index (χ1n) is 6.15. The Morgan fingerprint density at radius 2 is 2.16 bits per heavy atom. The second kappa shape index (κ2) is 6.58. The summed E-state index contributed by atoms with van der Waals surface area (Å²) in [7, 11) is 1.91. The molecule has 1 heterocycles. The quantitative estimate of drug-likeness (QED) is 0.892. The van der Waals surface area contributed by atoms with Crippen molar-refractivity contribution in [2.24, 2.45) is 7.05 Å². The van der Waals surface area contributed by atoms with E-state index in [2.05, 4.69) is 10.3 Å². The van der Waals surface area contributed by atoms with E-state index in [1.54, 1.807) is 6.33 Å². The Bertz CT molecular complexity index is 522. The van der Waals surface area contributed by atoms with Crippen molar-refractivity contribution in [3.63, 3.8) is 0 Å². The Labute approximate surface area is 112 Å². The number of aryl methyl sites for hydroxylation is 1. The molecule has 0 fully saturated rings. The van der Waals surface area contributed by atoms with E-state index in [1.165, 1.54) is 0 Å². The van der Waals surface area contributed by atoms with Crippen molar-refractivity contribution in [3.05, 3.63) is 54.1 Å². The molecule has 2 rings (SSSR count). The summed E-state index contributed by atoms with van der Waals surface area (Å²) in [6, 6.07) is 9.59. The fourth-order valence-corrected chi connectivity index (χ4v) is 1.66. The van der Waals surface area contributed by atoms with Crippen LogP contribution in [0.2, 0.25) is 0 Å². The van der Waals surface area contributed by atoms with Crippen LogP contribution in [0.25, 0.3) is 0 Å². The zero-order chi connectivity index (χ0) is 13.5. The lowest BCUT2D eigenvalue weighted by Gasteiger charge is -2.06. The Morgan fingerprint density at radius 3 is 2.84 bits per heavy atom. The van der Waals surface area contributed by atoms with Crippen LogP contribution in [0.5, 0.6) is 0 Å². The van der Waals surface area contributed by atoms with Gasteiger partial charge in [-0.1, -0.05) is 30.3 Å². The van der Waals surface area contributed by atoms with Gasteiger partial charge >= 0.3 is 6.09 Å². The molecule has 5 heteroatoms. The van der Waals surface area contributed by atoms with Crippen LogP contribution in [0.3, 0.4) is 0 Å². The fourth-order valence-electron chi connectivity index (χ4n) is 1.66. The van der Waals surface area contributed by atoms with Crippen LogP contribution in [0.1, 0.15) is 11.3 Å². The van der Waals surface area contributed by atoms with Gasteiger partial charge in [-0.15, -0.1) is 0 Å². The zero-order valence-electron chi connectivity index (χ0n) is 10.9. The Kier molecular flexibility index (Phi) is 4.55. The number of aromatic nitrogens is 2. The van der Waals surface area contributed by atoms with Crippen LogP contribution in [-0.2, 0) is 24.8 Å². The van der Waals surface area contributed by atoms with Crippen molar-refractivity contribution >= 4 is 6.09 Å². The van der Waals surface area contributed by atoms with Gasteiger partial charge in [0.15, 0.2) is 0 Å². The van der Waals surface area contributed by atoms with Crippen molar-refractivity contribution in [3.8, 4) is 0 Å². The minimum absolute atomic E-state index is 0.288. The minimum Gasteiger partial charge on any atom is -0.445 e. The number of imidazole rings is 1. The topological polar surface area (TPSA) is 56.2 Å². The lowest BCUT2D eigenvalue weighted by molar-refractivity contribution is 0.140. The fraction of sp³-hybridized carbons (Fsp3) is 0.286. The summed E-state index contributed by atoms with van der Waals surface area (Å²) in [4.78, 5) is 15.6. The number of rotatable bonds is 5. The van der Waals surface area contributed by atoms with Gasteiger partial charge in [0.25, 0.3) is 0 Å². The Balaban J connectivity index is 1.65. The predicted octanol–water partition coefficient (Wildman–Crippen LogP) is 1.89. The summed E-state index contributed by atoms with van der Waals surface area (Å²) in [6.45, 7) is 0.806. The number of benzene rings is 1. The zero-order valence-corrected chi connectivity index (χ0v) is 10.9. The molecule has 1 N–H and O–H groups in total. The van der Waals surface area contributed by atoms with Crippen LogP contribution in [0, 0.1) is 0 Å². The van der Waals surface area contributed by atoms with Gasteiger partial charge in [-0.3, -0.25) is 0 Å². The number of carbonyl (C=O) groups excluding carboxylic acids is 1. The average molecular weight is 259 g/mol. The SMILES string of the molecule is Cn1cnc(CCNC(=O)OCc2ccccc2)c1. The van der Waals surface area contributed by atoms with Crippen molar-refractivity contribution in [1.82, 2.24) is 14.9 Å². The van der Waals surface area contributed by atoms with Crippen molar-refractivity contribution in [2.75, 3.05) is 6.54 Å². The molecule has 5 nitrogen and oxygen atoms in total. The number of nitrogens with zero attached hydrogens (tertiary/aromatic N) is 2. The molecule has 0 aliphatic rings. The predicted molar refractivity (Wildman–Crippen MR) is 71.5 cm³/mol.